The number of nitro groups is 1. The summed E-state index contributed by atoms with van der Waals surface area (Å²) in [4.78, 5) is 42.4. The highest BCUT2D eigenvalue weighted by Crippen LogP contribution is 2.40. The number of ketones is 1. The van der Waals surface area contributed by atoms with Crippen molar-refractivity contribution in [3.05, 3.63) is 104 Å². The van der Waals surface area contributed by atoms with Gasteiger partial charge in [-0.1, -0.05) is 18.2 Å². The number of thiophene rings is 1. The number of Topliss-reactive ketones (excluding diaryl/α,β-unsaturated/α-hetero) is 1. The van der Waals surface area contributed by atoms with E-state index in [4.69, 9.17) is 4.74 Å². The molecule has 36 heavy (non-hydrogen) atoms. The van der Waals surface area contributed by atoms with Crippen molar-refractivity contribution < 1.29 is 24.4 Å². The van der Waals surface area contributed by atoms with Crippen LogP contribution in [0.1, 0.15) is 26.8 Å². The Bertz CT molecular complexity index is 1520. The minimum absolute atomic E-state index is 0.0801. The lowest BCUT2D eigenvalue weighted by atomic mass is 9.95. The molecule has 2 aromatic carbocycles. The molecule has 2 N–H and O–H groups in total. The number of aromatic amines is 1. The van der Waals surface area contributed by atoms with Crippen molar-refractivity contribution >= 4 is 39.6 Å². The number of benzene rings is 2. The third-order valence-electron chi connectivity index (χ3n) is 6.29. The number of hydrogen-bond acceptors (Lipinski definition) is 7. The number of H-pyrrole nitrogens is 1. The van der Waals surface area contributed by atoms with Crippen LogP contribution in [0.3, 0.4) is 0 Å². The first-order valence-electron chi connectivity index (χ1n) is 11.1. The second-order valence-electron chi connectivity index (χ2n) is 8.30. The molecular weight excluding hydrogens is 482 g/mol. The number of rotatable bonds is 8. The van der Waals surface area contributed by atoms with Crippen LogP contribution in [0, 0.1) is 10.1 Å². The van der Waals surface area contributed by atoms with Crippen LogP contribution in [0.15, 0.2) is 77.5 Å². The molecule has 1 aliphatic rings. The van der Waals surface area contributed by atoms with Crippen molar-refractivity contribution in [2.75, 3.05) is 13.7 Å². The van der Waals surface area contributed by atoms with E-state index in [0.29, 0.717) is 22.6 Å². The van der Waals surface area contributed by atoms with E-state index >= 15 is 0 Å². The molecule has 4 aromatic rings. The lowest BCUT2D eigenvalue weighted by Crippen LogP contribution is -2.33. The molecule has 0 fully saturated rings. The van der Waals surface area contributed by atoms with E-state index < -0.39 is 28.4 Å². The van der Waals surface area contributed by atoms with Crippen LogP contribution in [0.25, 0.3) is 10.9 Å². The molecule has 182 valence electrons. The Balaban J connectivity index is 1.53. The van der Waals surface area contributed by atoms with Crippen LogP contribution in [-0.4, -0.2) is 45.3 Å². The molecule has 5 rings (SSSR count). The summed E-state index contributed by atoms with van der Waals surface area (Å²) in [6, 6.07) is 13.8. The van der Waals surface area contributed by atoms with Crippen LogP contribution in [0.4, 0.5) is 5.69 Å². The molecule has 1 aliphatic heterocycles. The van der Waals surface area contributed by atoms with Gasteiger partial charge in [0.15, 0.2) is 5.76 Å². The van der Waals surface area contributed by atoms with Gasteiger partial charge in [-0.15, -0.1) is 11.3 Å². The van der Waals surface area contributed by atoms with E-state index in [0.717, 1.165) is 16.5 Å². The van der Waals surface area contributed by atoms with Crippen molar-refractivity contribution in [2.24, 2.45) is 0 Å². The third kappa shape index (κ3) is 4.01. The van der Waals surface area contributed by atoms with Crippen LogP contribution in [0.2, 0.25) is 0 Å². The van der Waals surface area contributed by atoms with Gasteiger partial charge in [-0.25, -0.2) is 0 Å². The van der Waals surface area contributed by atoms with Gasteiger partial charge in [-0.05, 0) is 47.2 Å². The Hall–Kier alpha value is -4.44. The summed E-state index contributed by atoms with van der Waals surface area (Å²) < 4.78 is 5.33. The molecule has 1 atom stereocenters. The number of fused-ring (bicyclic) bond motifs is 1. The number of amides is 1. The van der Waals surface area contributed by atoms with E-state index in [2.05, 4.69) is 4.98 Å². The average Bonchev–Trinajstić information content (AvgIpc) is 3.62. The molecule has 0 bridgehead atoms. The molecule has 1 amide bonds. The number of non-ortho nitro benzene ring substituents is 1. The van der Waals surface area contributed by atoms with E-state index in [1.807, 2.05) is 24.4 Å². The molecule has 2 aromatic heterocycles. The van der Waals surface area contributed by atoms with Crippen LogP contribution in [0.5, 0.6) is 5.75 Å². The number of nitrogens with one attached hydrogen (secondary N) is 1. The highest BCUT2D eigenvalue weighted by atomic mass is 32.1. The minimum Gasteiger partial charge on any atom is -0.503 e. The fourth-order valence-electron chi connectivity index (χ4n) is 4.54. The molecule has 0 unspecified atom stereocenters. The highest BCUT2D eigenvalue weighted by molar-refractivity contribution is 7.12. The maximum Gasteiger partial charge on any atom is 0.290 e. The van der Waals surface area contributed by atoms with Gasteiger partial charge in [-0.2, -0.15) is 0 Å². The Kier molecular flexibility index (Phi) is 6.03. The first-order valence-corrected chi connectivity index (χ1v) is 12.0. The summed E-state index contributed by atoms with van der Waals surface area (Å²) in [7, 11) is 1.58. The molecule has 9 nitrogen and oxygen atoms in total. The number of ether oxygens (including phenoxy) is 1. The van der Waals surface area contributed by atoms with Crippen molar-refractivity contribution in [2.45, 2.75) is 12.5 Å². The molecule has 0 saturated heterocycles. The number of carbonyl (C=O) groups excluding carboxylic acids is 2. The zero-order chi connectivity index (χ0) is 25.4. The Morgan fingerprint density at radius 2 is 2.06 bits per heavy atom. The number of carbonyl (C=O) groups is 2. The summed E-state index contributed by atoms with van der Waals surface area (Å²) in [6.45, 7) is 0.168. The summed E-state index contributed by atoms with van der Waals surface area (Å²) in [6.07, 6.45) is 2.26. The number of aliphatic hydroxyl groups excluding tert-OH is 1. The zero-order valence-corrected chi connectivity index (χ0v) is 20.0. The van der Waals surface area contributed by atoms with E-state index in [-0.39, 0.29) is 17.8 Å². The van der Waals surface area contributed by atoms with Crippen LogP contribution in [-0.2, 0) is 11.2 Å². The minimum atomic E-state index is -0.966. The molecule has 0 spiro atoms. The predicted molar refractivity (Wildman–Crippen MR) is 134 cm³/mol. The molecule has 0 aliphatic carbocycles. The first-order chi connectivity index (χ1) is 17.4. The van der Waals surface area contributed by atoms with Crippen LogP contribution < -0.4 is 4.74 Å². The number of aliphatic hydroxyl groups is 1. The molecule has 0 saturated carbocycles. The number of nitrogens with zero attached hydrogens (tertiary/aromatic N) is 2. The van der Waals surface area contributed by atoms with Gasteiger partial charge in [0.25, 0.3) is 11.6 Å². The summed E-state index contributed by atoms with van der Waals surface area (Å²) >= 11 is 1.20. The second kappa shape index (κ2) is 9.31. The Morgan fingerprint density at radius 1 is 1.22 bits per heavy atom. The fraction of sp³-hybridized carbons (Fsp3) is 0.154. The summed E-state index contributed by atoms with van der Waals surface area (Å²) in [5.41, 5.74) is 1.96. The maximum absolute atomic E-state index is 13.4. The van der Waals surface area contributed by atoms with Crippen molar-refractivity contribution in [3.63, 3.8) is 0 Å². The Morgan fingerprint density at radius 3 is 2.78 bits per heavy atom. The fourth-order valence-corrected chi connectivity index (χ4v) is 5.22. The maximum atomic E-state index is 13.4. The quantitative estimate of drug-likeness (QED) is 0.199. The van der Waals surface area contributed by atoms with Crippen molar-refractivity contribution in [1.82, 2.24) is 9.88 Å². The lowest BCUT2D eigenvalue weighted by molar-refractivity contribution is -0.384. The van der Waals surface area contributed by atoms with Crippen molar-refractivity contribution in [3.8, 4) is 5.75 Å². The van der Waals surface area contributed by atoms with Gasteiger partial charge >= 0.3 is 0 Å². The van der Waals surface area contributed by atoms with E-state index in [1.165, 1.54) is 34.4 Å². The Labute approximate surface area is 209 Å². The largest absolute Gasteiger partial charge is 0.503 e. The van der Waals surface area contributed by atoms with E-state index in [9.17, 15) is 24.8 Å². The first kappa shape index (κ1) is 23.3. The normalized spacial score (nSPS) is 15.6. The van der Waals surface area contributed by atoms with Gasteiger partial charge in [0.2, 0.25) is 5.78 Å². The van der Waals surface area contributed by atoms with Crippen molar-refractivity contribution in [1.29, 1.82) is 0 Å². The molecule has 0 radical (unpaired) electrons. The topological polar surface area (TPSA) is 126 Å². The zero-order valence-electron chi connectivity index (χ0n) is 19.1. The van der Waals surface area contributed by atoms with Gasteiger partial charge in [0.05, 0.1) is 28.5 Å². The number of methoxy groups -OCH3 is 1. The lowest BCUT2D eigenvalue weighted by Gasteiger charge is -2.26. The number of aromatic nitrogens is 1. The predicted octanol–water partition coefficient (Wildman–Crippen LogP) is 4.97. The van der Waals surface area contributed by atoms with Gasteiger partial charge < -0.3 is 19.7 Å². The number of nitro benzene ring substituents is 1. The van der Waals surface area contributed by atoms with E-state index in [1.54, 1.807) is 30.7 Å². The molecule has 3 heterocycles. The smallest absolute Gasteiger partial charge is 0.290 e. The summed E-state index contributed by atoms with van der Waals surface area (Å²) in [5, 5.41) is 24.9. The third-order valence-corrected chi connectivity index (χ3v) is 7.16. The molecular formula is C26H21N3O6S. The molecule has 10 heteroatoms. The van der Waals surface area contributed by atoms with Gasteiger partial charge in [-0.3, -0.25) is 19.7 Å². The van der Waals surface area contributed by atoms with Crippen LogP contribution >= 0.6 is 11.3 Å². The van der Waals surface area contributed by atoms with Gasteiger partial charge in [0.1, 0.15) is 5.75 Å². The highest BCUT2D eigenvalue weighted by Gasteiger charge is 2.44. The summed E-state index contributed by atoms with van der Waals surface area (Å²) in [5.74, 6) is -1.11. The van der Waals surface area contributed by atoms with Gasteiger partial charge in [0, 0.05) is 35.8 Å². The SMILES string of the molecule is COc1ccc2[nH]cc(CCN3C(=O)C(O)=C(C(=O)c4cccs4)[C@@H]3c3cccc([N+](=O)[O-])c3)c2c1. The monoisotopic (exact) mass is 503 g/mol. The average molecular weight is 504 g/mol. The second-order valence-corrected chi connectivity index (χ2v) is 9.25. The number of hydrogen-bond donors (Lipinski definition) is 2. The standard InChI is InChI=1S/C26H21N3O6S/c1-35-18-7-8-20-19(13-18)16(14-27-20)9-10-28-23(15-4-2-5-17(12-15)29(33)34)22(25(31)26(28)32)24(30)21-6-3-11-36-21/h2-8,11-14,23,27,31H,9-10H2,1H3/t23-/m0/s1.